The van der Waals surface area contributed by atoms with E-state index in [1.54, 1.807) is 12.5 Å². The van der Waals surface area contributed by atoms with E-state index in [0.29, 0.717) is 18.5 Å². The average molecular weight is 399 g/mol. The predicted molar refractivity (Wildman–Crippen MR) is 109 cm³/mol. The van der Waals surface area contributed by atoms with Gasteiger partial charge in [0.05, 0.1) is 11.7 Å². The Hall–Kier alpha value is -2.68. The molecule has 156 valence electrons. The summed E-state index contributed by atoms with van der Waals surface area (Å²) in [7, 11) is 0. The molecule has 0 spiro atoms. The van der Waals surface area contributed by atoms with E-state index in [0.717, 1.165) is 54.6 Å². The number of carbonyl (C=O) groups is 1. The number of fused-ring (bicyclic) bond motifs is 3. The molecule has 4 rings (SSSR count). The number of aromatic amines is 1. The van der Waals surface area contributed by atoms with Crippen molar-refractivity contribution in [2.24, 2.45) is 5.92 Å². The lowest BCUT2D eigenvalue weighted by Gasteiger charge is -2.29. The molecule has 0 bridgehead atoms. The Morgan fingerprint density at radius 1 is 1.31 bits per heavy atom. The molecule has 29 heavy (non-hydrogen) atoms. The molecule has 0 radical (unpaired) electrons. The van der Waals surface area contributed by atoms with Gasteiger partial charge in [0.1, 0.15) is 11.9 Å². The maximum atomic E-state index is 11.8. The van der Waals surface area contributed by atoms with Crippen LogP contribution in [0.1, 0.15) is 52.0 Å². The van der Waals surface area contributed by atoms with E-state index in [1.165, 1.54) is 0 Å². The number of nitrogens with one attached hydrogen (secondary N) is 3. The molecule has 0 saturated heterocycles. The molecule has 1 amide bonds. The average Bonchev–Trinajstić information content (AvgIpc) is 3.30. The van der Waals surface area contributed by atoms with Gasteiger partial charge in [-0.1, -0.05) is 0 Å². The van der Waals surface area contributed by atoms with Crippen LogP contribution in [0.3, 0.4) is 0 Å². The van der Waals surface area contributed by atoms with Crippen LogP contribution in [-0.2, 0) is 11.3 Å². The lowest BCUT2D eigenvalue weighted by atomic mass is 9.86. The quantitative estimate of drug-likeness (QED) is 0.609. The fourth-order valence-corrected chi connectivity index (χ4v) is 3.94. The van der Waals surface area contributed by atoms with Gasteiger partial charge in [-0.3, -0.25) is 4.40 Å². The van der Waals surface area contributed by atoms with Crippen LogP contribution in [0.15, 0.2) is 18.7 Å². The molecule has 3 heterocycles. The van der Waals surface area contributed by atoms with Crippen LogP contribution >= 0.6 is 0 Å². The fourth-order valence-electron chi connectivity index (χ4n) is 3.94. The van der Waals surface area contributed by atoms with Crippen LogP contribution in [0.4, 0.5) is 4.79 Å². The van der Waals surface area contributed by atoms with Crippen molar-refractivity contribution in [3.05, 3.63) is 24.3 Å². The van der Waals surface area contributed by atoms with E-state index in [-0.39, 0.29) is 6.09 Å². The molecule has 1 fully saturated rings. The number of carbonyl (C=O) groups excluding carboxylic acids is 1. The second-order valence-corrected chi connectivity index (χ2v) is 8.81. The van der Waals surface area contributed by atoms with Gasteiger partial charge in [-0.25, -0.2) is 9.78 Å². The van der Waals surface area contributed by atoms with Crippen molar-refractivity contribution < 1.29 is 9.53 Å². The molecule has 0 atom stereocenters. The van der Waals surface area contributed by atoms with E-state index >= 15 is 0 Å². The Kier molecular flexibility index (Phi) is 5.40. The van der Waals surface area contributed by atoms with Crippen molar-refractivity contribution in [1.29, 1.82) is 0 Å². The topological polar surface area (TPSA) is 109 Å². The van der Waals surface area contributed by atoms with Crippen LogP contribution in [-0.4, -0.2) is 48.8 Å². The van der Waals surface area contributed by atoms with Gasteiger partial charge in [0.15, 0.2) is 11.3 Å². The molecule has 9 nitrogen and oxygen atoms in total. The minimum Gasteiger partial charge on any atom is -0.444 e. The summed E-state index contributed by atoms with van der Waals surface area (Å²) in [5.74, 6) is 0.509. The molecule has 3 aromatic heterocycles. The number of aromatic nitrogens is 5. The van der Waals surface area contributed by atoms with Crippen LogP contribution in [0.25, 0.3) is 16.8 Å². The Morgan fingerprint density at radius 2 is 2.10 bits per heavy atom. The summed E-state index contributed by atoms with van der Waals surface area (Å²) in [6.07, 6.45) is 9.51. The number of alkyl carbamates (subject to hydrolysis) is 1. The number of H-pyrrole nitrogens is 1. The Bertz CT molecular complexity index is 980. The zero-order valence-electron chi connectivity index (χ0n) is 17.2. The summed E-state index contributed by atoms with van der Waals surface area (Å²) in [5, 5.41) is 14.6. The van der Waals surface area contributed by atoms with Crippen LogP contribution in [0.2, 0.25) is 0 Å². The zero-order valence-corrected chi connectivity index (χ0v) is 17.2. The summed E-state index contributed by atoms with van der Waals surface area (Å²) < 4.78 is 7.28. The molecule has 1 aliphatic rings. The molecular formula is C20H29N7O2. The maximum absolute atomic E-state index is 11.8. The lowest BCUT2D eigenvalue weighted by Crippen LogP contribution is -2.38. The number of nitrogens with zero attached hydrogens (tertiary/aromatic N) is 4. The second-order valence-electron chi connectivity index (χ2n) is 8.81. The van der Waals surface area contributed by atoms with Gasteiger partial charge < -0.3 is 20.4 Å². The normalized spacial score (nSPS) is 20.2. The third kappa shape index (κ3) is 4.67. The van der Waals surface area contributed by atoms with E-state index in [4.69, 9.17) is 4.74 Å². The number of amides is 1. The fraction of sp³-hybridized carbons (Fsp3) is 0.600. The van der Waals surface area contributed by atoms with E-state index in [9.17, 15) is 4.79 Å². The first-order valence-electron chi connectivity index (χ1n) is 10.2. The minimum absolute atomic E-state index is 0.328. The third-order valence-corrected chi connectivity index (χ3v) is 5.40. The summed E-state index contributed by atoms with van der Waals surface area (Å²) in [5.41, 5.74) is 3.31. The van der Waals surface area contributed by atoms with Crippen molar-refractivity contribution in [2.75, 3.05) is 6.54 Å². The van der Waals surface area contributed by atoms with Crippen LogP contribution in [0.5, 0.6) is 0 Å². The lowest BCUT2D eigenvalue weighted by molar-refractivity contribution is 0.0514. The van der Waals surface area contributed by atoms with Crippen molar-refractivity contribution in [1.82, 2.24) is 35.2 Å². The Labute approximate surface area is 169 Å². The van der Waals surface area contributed by atoms with Crippen molar-refractivity contribution in [3.63, 3.8) is 0 Å². The van der Waals surface area contributed by atoms with Crippen molar-refractivity contribution >= 4 is 22.9 Å². The summed E-state index contributed by atoms with van der Waals surface area (Å²) >= 11 is 0. The van der Waals surface area contributed by atoms with Gasteiger partial charge in [-0.05, 0) is 52.4 Å². The first-order chi connectivity index (χ1) is 13.9. The summed E-state index contributed by atoms with van der Waals surface area (Å²) in [6, 6.07) is 0.478. The van der Waals surface area contributed by atoms with Gasteiger partial charge in [0, 0.05) is 30.9 Å². The molecule has 3 aromatic rings. The SMILES string of the molecule is CC(C)(C)OC(=O)NCC1CCC(NCc2c[nH]c3ncc4nncn4c23)CC1. The second kappa shape index (κ2) is 7.98. The molecular weight excluding hydrogens is 370 g/mol. The van der Waals surface area contributed by atoms with Gasteiger partial charge in [0.25, 0.3) is 0 Å². The van der Waals surface area contributed by atoms with Gasteiger partial charge in [0.2, 0.25) is 0 Å². The van der Waals surface area contributed by atoms with Crippen LogP contribution < -0.4 is 10.6 Å². The standard InChI is InChI=1S/C20H29N7O2/c1-20(2,3)29-19(28)24-8-13-4-6-15(7-5-13)21-9-14-10-22-18-17(14)27-12-25-26-16(27)11-23-18/h10-13,15,21-22H,4-9H2,1-3H3,(H,24,28). The first kappa shape index (κ1) is 19.6. The van der Waals surface area contributed by atoms with Crippen LogP contribution in [0, 0.1) is 5.92 Å². The molecule has 3 N–H and O–H groups in total. The molecule has 9 heteroatoms. The summed E-state index contributed by atoms with van der Waals surface area (Å²) in [4.78, 5) is 19.5. The molecule has 0 aromatic carbocycles. The Morgan fingerprint density at radius 3 is 2.86 bits per heavy atom. The Balaban J connectivity index is 1.26. The van der Waals surface area contributed by atoms with Gasteiger partial charge in [-0.2, -0.15) is 0 Å². The smallest absolute Gasteiger partial charge is 0.407 e. The highest BCUT2D eigenvalue weighted by Crippen LogP contribution is 2.25. The number of hydrogen-bond donors (Lipinski definition) is 3. The minimum atomic E-state index is -0.456. The summed E-state index contributed by atoms with van der Waals surface area (Å²) in [6.45, 7) is 7.08. The first-order valence-corrected chi connectivity index (χ1v) is 10.2. The van der Waals surface area contributed by atoms with E-state index in [2.05, 4.69) is 30.8 Å². The molecule has 0 aliphatic heterocycles. The highest BCUT2D eigenvalue weighted by Gasteiger charge is 2.23. The maximum Gasteiger partial charge on any atom is 0.407 e. The van der Waals surface area contributed by atoms with E-state index in [1.807, 2.05) is 31.4 Å². The van der Waals surface area contributed by atoms with Gasteiger partial charge >= 0.3 is 6.09 Å². The van der Waals surface area contributed by atoms with E-state index < -0.39 is 5.60 Å². The monoisotopic (exact) mass is 399 g/mol. The number of ether oxygens (including phenoxy) is 1. The predicted octanol–water partition coefficient (Wildman–Crippen LogP) is 2.78. The third-order valence-electron chi connectivity index (χ3n) is 5.40. The number of rotatable bonds is 5. The number of hydrogen-bond acceptors (Lipinski definition) is 6. The highest BCUT2D eigenvalue weighted by atomic mass is 16.6. The molecule has 1 aliphatic carbocycles. The molecule has 1 saturated carbocycles. The highest BCUT2D eigenvalue weighted by molar-refractivity contribution is 5.78. The molecule has 0 unspecified atom stereocenters. The largest absolute Gasteiger partial charge is 0.444 e. The zero-order chi connectivity index (χ0) is 20.4. The van der Waals surface area contributed by atoms with Gasteiger partial charge in [-0.15, -0.1) is 10.2 Å². The van der Waals surface area contributed by atoms with Crippen molar-refractivity contribution in [2.45, 2.75) is 64.6 Å². The van der Waals surface area contributed by atoms with Crippen molar-refractivity contribution in [3.8, 4) is 0 Å².